The molecule has 1 aliphatic heterocycles. The van der Waals surface area contributed by atoms with E-state index in [9.17, 15) is 0 Å². The molecule has 2 aromatic rings. The number of hydrogen-bond acceptors (Lipinski definition) is 3. The Morgan fingerprint density at radius 3 is 2.42 bits per heavy atom. The van der Waals surface area contributed by atoms with Gasteiger partial charge in [0.2, 0.25) is 0 Å². The molecule has 19 heavy (non-hydrogen) atoms. The molecule has 0 aromatic carbocycles. The van der Waals surface area contributed by atoms with Gasteiger partial charge in [0, 0.05) is 21.6 Å². The van der Waals surface area contributed by atoms with Crippen LogP contribution in [0.15, 0.2) is 22.8 Å². The molecular formula is C13H16BBrN2O2. The van der Waals surface area contributed by atoms with Crippen LogP contribution in [0.3, 0.4) is 0 Å². The van der Waals surface area contributed by atoms with E-state index in [0.717, 1.165) is 21.1 Å². The van der Waals surface area contributed by atoms with Crippen LogP contribution in [-0.4, -0.2) is 28.3 Å². The third kappa shape index (κ3) is 2.12. The lowest BCUT2D eigenvalue weighted by atomic mass is 9.85. The molecule has 0 atom stereocenters. The van der Waals surface area contributed by atoms with Gasteiger partial charge in [0.1, 0.15) is 5.65 Å². The topological polar surface area (TPSA) is 47.1 Å². The number of nitrogens with zero attached hydrogens (tertiary/aromatic N) is 1. The summed E-state index contributed by atoms with van der Waals surface area (Å²) in [6.07, 6.45) is 1.77. The van der Waals surface area contributed by atoms with Crippen molar-refractivity contribution in [1.82, 2.24) is 9.97 Å². The SMILES string of the molecule is CC1(C)OB(c2cc3cc(Br)cnc3[nH]2)OC1(C)C. The fourth-order valence-corrected chi connectivity index (χ4v) is 2.46. The molecule has 1 aliphatic rings. The Balaban J connectivity index is 1.98. The van der Waals surface area contributed by atoms with Gasteiger partial charge in [-0.25, -0.2) is 4.98 Å². The van der Waals surface area contributed by atoms with E-state index in [1.807, 2.05) is 39.8 Å². The number of H-pyrrole nitrogens is 1. The Bertz CT molecular complexity index is 623. The van der Waals surface area contributed by atoms with Crippen LogP contribution in [0.5, 0.6) is 0 Å². The second-order valence-corrected chi connectivity index (χ2v) is 6.82. The van der Waals surface area contributed by atoms with Gasteiger partial charge < -0.3 is 14.3 Å². The molecule has 0 saturated carbocycles. The van der Waals surface area contributed by atoms with E-state index in [4.69, 9.17) is 9.31 Å². The van der Waals surface area contributed by atoms with E-state index in [0.29, 0.717) is 0 Å². The van der Waals surface area contributed by atoms with Crippen LogP contribution in [-0.2, 0) is 9.31 Å². The molecule has 0 unspecified atom stereocenters. The molecule has 100 valence electrons. The summed E-state index contributed by atoms with van der Waals surface area (Å²) in [7, 11) is -0.377. The van der Waals surface area contributed by atoms with Crippen molar-refractivity contribution in [2.24, 2.45) is 0 Å². The maximum Gasteiger partial charge on any atom is 0.512 e. The fraction of sp³-hybridized carbons (Fsp3) is 0.462. The number of rotatable bonds is 1. The Morgan fingerprint density at radius 1 is 1.16 bits per heavy atom. The van der Waals surface area contributed by atoms with Crippen molar-refractivity contribution in [2.45, 2.75) is 38.9 Å². The molecule has 3 heterocycles. The van der Waals surface area contributed by atoms with Crippen molar-refractivity contribution in [3.63, 3.8) is 0 Å². The van der Waals surface area contributed by atoms with Crippen molar-refractivity contribution in [3.8, 4) is 0 Å². The smallest absolute Gasteiger partial charge is 0.398 e. The standard InChI is InChI=1S/C13H16BBrN2O2/c1-12(2)13(3,4)19-14(18-12)10-6-8-5-9(15)7-16-11(8)17-10/h5-7H,1-4H3,(H,16,17). The van der Waals surface area contributed by atoms with Crippen LogP contribution in [0.4, 0.5) is 0 Å². The Hall–Kier alpha value is -0.845. The van der Waals surface area contributed by atoms with Crippen LogP contribution in [0.25, 0.3) is 11.0 Å². The van der Waals surface area contributed by atoms with Crippen LogP contribution in [0, 0.1) is 0 Å². The molecule has 1 fully saturated rings. The summed E-state index contributed by atoms with van der Waals surface area (Å²) in [5.74, 6) is 0. The molecular weight excluding hydrogens is 307 g/mol. The van der Waals surface area contributed by atoms with Gasteiger partial charge in [-0.1, -0.05) is 0 Å². The molecule has 0 radical (unpaired) electrons. The third-order valence-electron chi connectivity index (χ3n) is 3.96. The number of nitrogens with one attached hydrogen (secondary N) is 1. The first kappa shape index (κ1) is 13.2. The zero-order valence-electron chi connectivity index (χ0n) is 11.5. The minimum absolute atomic E-state index is 0.330. The van der Waals surface area contributed by atoms with E-state index >= 15 is 0 Å². The summed E-state index contributed by atoms with van der Waals surface area (Å²) in [5, 5.41) is 1.04. The fourth-order valence-electron chi connectivity index (χ4n) is 2.11. The van der Waals surface area contributed by atoms with E-state index in [2.05, 4.69) is 25.9 Å². The summed E-state index contributed by atoms with van der Waals surface area (Å²) in [5.41, 5.74) is 1.08. The molecule has 2 aromatic heterocycles. The lowest BCUT2D eigenvalue weighted by Gasteiger charge is -2.32. The molecule has 6 heteroatoms. The average molecular weight is 323 g/mol. The first-order valence-electron chi connectivity index (χ1n) is 6.28. The van der Waals surface area contributed by atoms with E-state index in [1.165, 1.54) is 0 Å². The first-order valence-corrected chi connectivity index (χ1v) is 7.08. The largest absolute Gasteiger partial charge is 0.512 e. The Morgan fingerprint density at radius 2 is 1.79 bits per heavy atom. The van der Waals surface area contributed by atoms with Gasteiger partial charge in [-0.15, -0.1) is 0 Å². The maximum atomic E-state index is 6.02. The summed E-state index contributed by atoms with van der Waals surface area (Å²) in [6, 6.07) is 4.04. The predicted octanol–water partition coefficient (Wildman–Crippen LogP) is 2.62. The summed E-state index contributed by atoms with van der Waals surface area (Å²) in [4.78, 5) is 7.59. The minimum atomic E-state index is -0.377. The highest BCUT2D eigenvalue weighted by Crippen LogP contribution is 2.36. The second kappa shape index (κ2) is 4.07. The number of halogens is 1. The summed E-state index contributed by atoms with van der Waals surface area (Å²) >= 11 is 3.42. The molecule has 1 N–H and O–H groups in total. The lowest BCUT2D eigenvalue weighted by molar-refractivity contribution is 0.00578. The van der Waals surface area contributed by atoms with Gasteiger partial charge in [-0.3, -0.25) is 0 Å². The zero-order valence-corrected chi connectivity index (χ0v) is 13.0. The lowest BCUT2D eigenvalue weighted by Crippen LogP contribution is -2.41. The van der Waals surface area contributed by atoms with Crippen LogP contribution < -0.4 is 5.59 Å². The zero-order chi connectivity index (χ0) is 13.8. The monoisotopic (exact) mass is 322 g/mol. The molecule has 0 aliphatic carbocycles. The van der Waals surface area contributed by atoms with Crippen LogP contribution in [0.2, 0.25) is 0 Å². The van der Waals surface area contributed by atoms with Gasteiger partial charge >= 0.3 is 7.12 Å². The minimum Gasteiger partial charge on any atom is -0.398 e. The van der Waals surface area contributed by atoms with E-state index < -0.39 is 0 Å². The molecule has 0 spiro atoms. The number of pyridine rings is 1. The van der Waals surface area contributed by atoms with Crippen molar-refractivity contribution in [3.05, 3.63) is 22.8 Å². The number of aromatic nitrogens is 2. The van der Waals surface area contributed by atoms with Crippen molar-refractivity contribution < 1.29 is 9.31 Å². The van der Waals surface area contributed by atoms with Gasteiger partial charge in [0.25, 0.3) is 0 Å². The molecule has 0 bridgehead atoms. The number of fused-ring (bicyclic) bond motifs is 1. The van der Waals surface area contributed by atoms with Crippen molar-refractivity contribution in [2.75, 3.05) is 0 Å². The molecule has 4 nitrogen and oxygen atoms in total. The van der Waals surface area contributed by atoms with Crippen molar-refractivity contribution >= 4 is 39.7 Å². The van der Waals surface area contributed by atoms with Gasteiger partial charge in [-0.2, -0.15) is 0 Å². The van der Waals surface area contributed by atoms with Crippen molar-refractivity contribution in [1.29, 1.82) is 0 Å². The van der Waals surface area contributed by atoms with Gasteiger partial charge in [-0.05, 0) is 55.8 Å². The summed E-state index contributed by atoms with van der Waals surface area (Å²) < 4.78 is 13.0. The quantitative estimate of drug-likeness (QED) is 0.821. The highest BCUT2D eigenvalue weighted by molar-refractivity contribution is 9.10. The Labute approximate surface area is 121 Å². The van der Waals surface area contributed by atoms with Gasteiger partial charge in [0.15, 0.2) is 0 Å². The Kier molecular flexibility index (Phi) is 2.82. The number of hydrogen-bond donors (Lipinski definition) is 1. The second-order valence-electron chi connectivity index (χ2n) is 5.90. The van der Waals surface area contributed by atoms with Crippen LogP contribution >= 0.6 is 15.9 Å². The van der Waals surface area contributed by atoms with Crippen LogP contribution in [0.1, 0.15) is 27.7 Å². The highest BCUT2D eigenvalue weighted by Gasteiger charge is 2.52. The first-order chi connectivity index (χ1) is 8.78. The molecule has 0 amide bonds. The molecule has 3 rings (SSSR count). The molecule has 1 saturated heterocycles. The van der Waals surface area contributed by atoms with E-state index in [-0.39, 0.29) is 18.3 Å². The predicted molar refractivity (Wildman–Crippen MR) is 79.5 cm³/mol. The third-order valence-corrected chi connectivity index (χ3v) is 4.40. The number of aromatic amines is 1. The van der Waals surface area contributed by atoms with E-state index in [1.54, 1.807) is 6.20 Å². The summed E-state index contributed by atoms with van der Waals surface area (Å²) in [6.45, 7) is 8.18. The normalized spacial score (nSPS) is 21.2. The van der Waals surface area contributed by atoms with Gasteiger partial charge in [0.05, 0.1) is 11.2 Å². The average Bonchev–Trinajstić information content (AvgIpc) is 2.78. The maximum absolute atomic E-state index is 6.02. The highest BCUT2D eigenvalue weighted by atomic mass is 79.9.